The Morgan fingerprint density at radius 1 is 0.971 bits per heavy atom. The lowest BCUT2D eigenvalue weighted by molar-refractivity contribution is 0.0717. The number of amides is 1. The maximum atomic E-state index is 14.5. The Balaban J connectivity index is 1.79. The van der Waals surface area contributed by atoms with Crippen LogP contribution in [-0.4, -0.2) is 27.1 Å². The van der Waals surface area contributed by atoms with Crippen LogP contribution in [0.1, 0.15) is 29.8 Å². The fourth-order valence-corrected chi connectivity index (χ4v) is 3.91. The van der Waals surface area contributed by atoms with Gasteiger partial charge in [-0.1, -0.05) is 74.5 Å². The fourth-order valence-electron chi connectivity index (χ4n) is 3.91. The highest BCUT2D eigenvalue weighted by Gasteiger charge is 2.26. The Hall–Kier alpha value is -3.93. The first kappa shape index (κ1) is 23.2. The molecule has 0 fully saturated rings. The van der Waals surface area contributed by atoms with E-state index in [4.69, 9.17) is 9.84 Å². The van der Waals surface area contributed by atoms with Crippen molar-refractivity contribution in [3.05, 3.63) is 102 Å². The summed E-state index contributed by atoms with van der Waals surface area (Å²) < 4.78 is 22.4. The van der Waals surface area contributed by atoms with Gasteiger partial charge in [0, 0.05) is 19.2 Å². The monoisotopic (exact) mass is 457 g/mol. The molecule has 4 aromatic rings. The van der Waals surface area contributed by atoms with Crippen molar-refractivity contribution in [2.75, 3.05) is 6.54 Å². The molecular formula is C28H28FN3O2. The average Bonchev–Trinajstić information content (AvgIpc) is 3.14. The zero-order chi connectivity index (χ0) is 24.1. The molecule has 0 bridgehead atoms. The number of hydrogen-bond donors (Lipinski definition) is 0. The van der Waals surface area contributed by atoms with Crippen molar-refractivity contribution in [2.45, 2.75) is 20.4 Å². The van der Waals surface area contributed by atoms with Crippen LogP contribution in [0.5, 0.6) is 11.6 Å². The van der Waals surface area contributed by atoms with Crippen LogP contribution in [0, 0.1) is 11.7 Å². The Morgan fingerprint density at radius 3 is 2.24 bits per heavy atom. The van der Waals surface area contributed by atoms with Gasteiger partial charge in [0.1, 0.15) is 17.3 Å². The molecule has 6 heteroatoms. The summed E-state index contributed by atoms with van der Waals surface area (Å²) in [7, 11) is 1.82. The van der Waals surface area contributed by atoms with Crippen LogP contribution >= 0.6 is 0 Å². The lowest BCUT2D eigenvalue weighted by atomic mass is 10.1. The third-order valence-electron chi connectivity index (χ3n) is 5.42. The zero-order valence-electron chi connectivity index (χ0n) is 19.6. The van der Waals surface area contributed by atoms with Crippen LogP contribution in [0.3, 0.4) is 0 Å². The highest BCUT2D eigenvalue weighted by atomic mass is 19.1. The molecule has 0 aliphatic heterocycles. The summed E-state index contributed by atoms with van der Waals surface area (Å²) in [6, 6.07) is 25.3. The van der Waals surface area contributed by atoms with Crippen LogP contribution in [0.15, 0.2) is 84.9 Å². The number of hydrogen-bond acceptors (Lipinski definition) is 3. The molecule has 0 saturated heterocycles. The van der Waals surface area contributed by atoms with E-state index in [2.05, 4.69) is 0 Å². The van der Waals surface area contributed by atoms with Gasteiger partial charge in [0.05, 0.1) is 17.7 Å². The van der Waals surface area contributed by atoms with Crippen molar-refractivity contribution in [1.82, 2.24) is 14.7 Å². The summed E-state index contributed by atoms with van der Waals surface area (Å²) in [6.45, 7) is 4.75. The number of aromatic nitrogens is 2. The third-order valence-corrected chi connectivity index (χ3v) is 5.42. The topological polar surface area (TPSA) is 47.4 Å². The molecule has 0 spiro atoms. The van der Waals surface area contributed by atoms with Gasteiger partial charge < -0.3 is 9.64 Å². The maximum Gasteiger partial charge on any atom is 0.257 e. The quantitative estimate of drug-likeness (QED) is 0.311. The minimum absolute atomic E-state index is 0.0545. The normalized spacial score (nSPS) is 11.0. The highest BCUT2D eigenvalue weighted by molar-refractivity contribution is 5.94. The van der Waals surface area contributed by atoms with E-state index in [0.29, 0.717) is 18.2 Å². The zero-order valence-corrected chi connectivity index (χ0v) is 19.6. The lowest BCUT2D eigenvalue weighted by Crippen LogP contribution is -2.34. The molecule has 4 rings (SSSR count). The minimum atomic E-state index is -0.531. The first-order chi connectivity index (χ1) is 16.4. The Bertz CT molecular complexity index is 1250. The number of ether oxygens (including phenoxy) is 1. The SMILES string of the molecule is CC(C)CN(Cc1c(-c2ccccc2)nn(C)c1Oc1ccccc1)C(=O)c1ccccc1F. The van der Waals surface area contributed by atoms with Gasteiger partial charge in [0.25, 0.3) is 5.91 Å². The predicted octanol–water partition coefficient (Wildman–Crippen LogP) is 6.32. The van der Waals surface area contributed by atoms with E-state index in [-0.39, 0.29) is 23.9 Å². The van der Waals surface area contributed by atoms with Gasteiger partial charge in [0.2, 0.25) is 5.88 Å². The van der Waals surface area contributed by atoms with Gasteiger partial charge in [-0.3, -0.25) is 4.79 Å². The predicted molar refractivity (Wildman–Crippen MR) is 131 cm³/mol. The van der Waals surface area contributed by atoms with Gasteiger partial charge in [-0.25, -0.2) is 9.07 Å². The van der Waals surface area contributed by atoms with E-state index in [0.717, 1.165) is 16.8 Å². The van der Waals surface area contributed by atoms with E-state index in [1.54, 1.807) is 21.7 Å². The average molecular weight is 458 g/mol. The van der Waals surface area contributed by atoms with Crippen molar-refractivity contribution in [2.24, 2.45) is 13.0 Å². The summed E-state index contributed by atoms with van der Waals surface area (Å²) in [4.78, 5) is 15.1. The van der Waals surface area contributed by atoms with E-state index >= 15 is 0 Å². The molecule has 0 N–H and O–H groups in total. The molecule has 0 aliphatic rings. The van der Waals surface area contributed by atoms with E-state index in [1.807, 2.05) is 81.6 Å². The molecule has 0 aliphatic carbocycles. The van der Waals surface area contributed by atoms with Gasteiger partial charge in [-0.2, -0.15) is 5.10 Å². The van der Waals surface area contributed by atoms with Crippen molar-refractivity contribution >= 4 is 5.91 Å². The number of carbonyl (C=O) groups excluding carboxylic acids is 1. The fraction of sp³-hybridized carbons (Fsp3) is 0.214. The van der Waals surface area contributed by atoms with E-state index < -0.39 is 5.82 Å². The van der Waals surface area contributed by atoms with Crippen molar-refractivity contribution in [3.63, 3.8) is 0 Å². The van der Waals surface area contributed by atoms with Crippen LogP contribution in [-0.2, 0) is 13.6 Å². The second kappa shape index (κ2) is 10.3. The van der Waals surface area contributed by atoms with Gasteiger partial charge >= 0.3 is 0 Å². The number of aryl methyl sites for hydroxylation is 1. The van der Waals surface area contributed by atoms with Crippen LogP contribution in [0.25, 0.3) is 11.3 Å². The standard InChI is InChI=1S/C28H28FN3O2/c1-20(2)18-32(27(33)23-16-10-11-17-25(23)29)19-24-26(21-12-6-4-7-13-21)30-31(3)28(24)34-22-14-8-5-9-15-22/h4-17,20H,18-19H2,1-3H3. The summed E-state index contributed by atoms with van der Waals surface area (Å²) in [5, 5.41) is 4.74. The molecule has 0 atom stereocenters. The third kappa shape index (κ3) is 5.17. The molecule has 1 aromatic heterocycles. The molecule has 1 heterocycles. The lowest BCUT2D eigenvalue weighted by Gasteiger charge is -2.25. The van der Waals surface area contributed by atoms with Crippen LogP contribution in [0.2, 0.25) is 0 Å². The molecule has 34 heavy (non-hydrogen) atoms. The minimum Gasteiger partial charge on any atom is -0.439 e. The molecule has 0 unspecified atom stereocenters. The first-order valence-electron chi connectivity index (χ1n) is 11.3. The molecule has 0 saturated carbocycles. The molecule has 0 radical (unpaired) electrons. The smallest absolute Gasteiger partial charge is 0.257 e. The molecule has 3 aromatic carbocycles. The summed E-state index contributed by atoms with van der Waals surface area (Å²) >= 11 is 0. The second-order valence-corrected chi connectivity index (χ2v) is 8.60. The number of carbonyl (C=O) groups is 1. The van der Waals surface area contributed by atoms with Crippen LogP contribution in [0.4, 0.5) is 4.39 Å². The van der Waals surface area contributed by atoms with Crippen molar-refractivity contribution in [1.29, 1.82) is 0 Å². The maximum absolute atomic E-state index is 14.5. The summed E-state index contributed by atoms with van der Waals surface area (Å²) in [5.74, 6) is 0.505. The Morgan fingerprint density at radius 2 is 1.59 bits per heavy atom. The number of rotatable bonds is 8. The Kier molecular flexibility index (Phi) is 7.07. The Labute approximate surface area is 199 Å². The summed E-state index contributed by atoms with van der Waals surface area (Å²) in [5.41, 5.74) is 2.46. The van der Waals surface area contributed by atoms with E-state index in [9.17, 15) is 9.18 Å². The highest BCUT2D eigenvalue weighted by Crippen LogP contribution is 2.34. The van der Waals surface area contributed by atoms with Crippen LogP contribution < -0.4 is 4.74 Å². The number of benzene rings is 3. The van der Waals surface area contributed by atoms with Gasteiger partial charge in [-0.15, -0.1) is 0 Å². The van der Waals surface area contributed by atoms with Gasteiger partial charge in [0.15, 0.2) is 0 Å². The van der Waals surface area contributed by atoms with Crippen molar-refractivity contribution in [3.8, 4) is 22.9 Å². The molecular weight excluding hydrogens is 429 g/mol. The first-order valence-corrected chi connectivity index (χ1v) is 11.3. The molecule has 1 amide bonds. The van der Waals surface area contributed by atoms with Crippen molar-refractivity contribution < 1.29 is 13.9 Å². The number of nitrogens with zero attached hydrogens (tertiary/aromatic N) is 3. The largest absolute Gasteiger partial charge is 0.439 e. The second-order valence-electron chi connectivity index (χ2n) is 8.60. The number of halogens is 1. The summed E-state index contributed by atoms with van der Waals surface area (Å²) in [6.07, 6.45) is 0. The molecule has 5 nitrogen and oxygen atoms in total. The molecule has 174 valence electrons. The number of para-hydroxylation sites is 1. The van der Waals surface area contributed by atoms with E-state index in [1.165, 1.54) is 12.1 Å². The van der Waals surface area contributed by atoms with Gasteiger partial charge in [-0.05, 0) is 30.2 Å².